The monoisotopic (exact) mass is 1020 g/mol. The lowest BCUT2D eigenvalue weighted by Crippen LogP contribution is -2.45. The molecule has 0 amide bonds. The Morgan fingerprint density at radius 2 is 0.514 bits per heavy atom. The number of ether oxygens (including phenoxy) is 2. The molecule has 0 heterocycles. The van der Waals surface area contributed by atoms with E-state index in [1.54, 1.807) is 0 Å². The molecule has 0 bridgehead atoms. The fourth-order valence-electron chi connectivity index (χ4n) is 9.32. The summed E-state index contributed by atoms with van der Waals surface area (Å²) in [5.74, 6) is 4.31. The minimum Gasteiger partial charge on any atom is -0.543 e. The van der Waals surface area contributed by atoms with Gasteiger partial charge in [-0.2, -0.15) is 0 Å². The van der Waals surface area contributed by atoms with E-state index in [0.29, 0.717) is 62.9 Å². The molecule has 70 heavy (non-hydrogen) atoms. The predicted molar refractivity (Wildman–Crippen MR) is 297 cm³/mol. The first-order chi connectivity index (χ1) is 31.8. The number of esters is 2. The van der Waals surface area contributed by atoms with Crippen LogP contribution >= 0.6 is 0 Å². The van der Waals surface area contributed by atoms with Gasteiger partial charge >= 0.3 is 11.9 Å². The lowest BCUT2D eigenvalue weighted by atomic mass is 9.71. The van der Waals surface area contributed by atoms with Crippen LogP contribution in [0, 0.1) is 0 Å². The Labute approximate surface area is 426 Å². The van der Waals surface area contributed by atoms with Crippen molar-refractivity contribution >= 4 is 45.2 Å². The van der Waals surface area contributed by atoms with Gasteiger partial charge in [-0.1, -0.05) is 105 Å². The van der Waals surface area contributed by atoms with E-state index in [0.717, 1.165) is 45.3 Å². The van der Waals surface area contributed by atoms with Crippen molar-refractivity contribution in [3.8, 4) is 34.5 Å². The van der Waals surface area contributed by atoms with Gasteiger partial charge in [0, 0.05) is 58.4 Å². The van der Waals surface area contributed by atoms with Gasteiger partial charge in [0.2, 0.25) is 33.3 Å². The number of fused-ring (bicyclic) bond motifs is 4. The van der Waals surface area contributed by atoms with E-state index in [1.807, 2.05) is 0 Å². The summed E-state index contributed by atoms with van der Waals surface area (Å²) in [6, 6.07) is 8.62. The van der Waals surface area contributed by atoms with Crippen molar-refractivity contribution in [3.05, 3.63) is 91.1 Å². The van der Waals surface area contributed by atoms with Crippen LogP contribution in [0.1, 0.15) is 141 Å². The quantitative estimate of drug-likeness (QED) is 0.0859. The number of hydrogen-bond donors (Lipinski definition) is 0. The fourth-order valence-corrected chi connectivity index (χ4v) is 13.5. The highest BCUT2D eigenvalue weighted by atomic mass is 28.4. The van der Waals surface area contributed by atoms with E-state index >= 15 is 0 Å². The van der Waals surface area contributed by atoms with Crippen LogP contribution < -0.4 is 27.2 Å². The first-order valence-electron chi connectivity index (χ1n) is 25.8. The third-order valence-electron chi connectivity index (χ3n) is 17.8. The largest absolute Gasteiger partial charge is 0.543 e. The van der Waals surface area contributed by atoms with Crippen molar-refractivity contribution in [3.63, 3.8) is 0 Å². The first kappa shape index (κ1) is 53.9. The predicted octanol–water partition coefficient (Wildman–Crippen LogP) is 15.5. The third kappa shape index (κ3) is 10.2. The maximum atomic E-state index is 13.3. The van der Waals surface area contributed by atoms with Crippen molar-refractivity contribution in [2.75, 3.05) is 0 Å². The van der Waals surface area contributed by atoms with Gasteiger partial charge in [-0.15, -0.1) is 0 Å². The Bertz CT molecular complexity index is 2360. The molecule has 0 unspecified atom stereocenters. The molecule has 0 fully saturated rings. The molecular weight excluding hydrogens is 937 g/mol. The number of rotatable bonds is 10. The molecule has 7 rings (SSSR count). The number of allylic oxidation sites excluding steroid dienone is 4. The minimum atomic E-state index is -2.22. The molecule has 0 atom stereocenters. The Morgan fingerprint density at radius 3 is 0.671 bits per heavy atom. The van der Waals surface area contributed by atoms with Gasteiger partial charge < -0.3 is 27.2 Å². The minimum absolute atomic E-state index is 0.0139. The Hall–Kier alpha value is -3.85. The standard InChI is InChI=1S/C58H86O8Si4/c1-35(59)61-53-45-31-37-27-41-43(51(65-69(19,20)57(9,10)11)25-23-49(41)63-67(15,16)55(3,4)5)29-39(37)33-47(45)54(62-36(2)60)48-34-40-30-44-42(28-38(40)32-46(48)53)50(64-68(17,18)56(6,7)8)24-26-52(44)66-70(21,22)58(12,13)14/h23-26H,27-34H2,1-22H3. The highest BCUT2D eigenvalue weighted by molar-refractivity contribution is 6.76. The van der Waals surface area contributed by atoms with Crippen LogP contribution in [-0.4, -0.2) is 45.2 Å². The lowest BCUT2D eigenvalue weighted by Gasteiger charge is -2.41. The van der Waals surface area contributed by atoms with E-state index in [1.165, 1.54) is 58.4 Å². The normalized spacial score (nSPS) is 16.5. The highest BCUT2D eigenvalue weighted by Crippen LogP contribution is 2.54. The van der Waals surface area contributed by atoms with Crippen LogP contribution in [0.25, 0.3) is 0 Å². The van der Waals surface area contributed by atoms with E-state index in [2.05, 4.69) is 160 Å². The number of hydrogen-bond acceptors (Lipinski definition) is 8. The summed E-state index contributed by atoms with van der Waals surface area (Å²) in [4.78, 5) is 26.6. The van der Waals surface area contributed by atoms with Crippen molar-refractivity contribution in [2.24, 2.45) is 0 Å². The van der Waals surface area contributed by atoms with Crippen LogP contribution in [0.5, 0.6) is 34.5 Å². The summed E-state index contributed by atoms with van der Waals surface area (Å²) in [6.45, 7) is 48.9. The van der Waals surface area contributed by atoms with Gasteiger partial charge in [0.05, 0.1) is 0 Å². The maximum Gasteiger partial charge on any atom is 0.308 e. The first-order valence-corrected chi connectivity index (χ1v) is 37.5. The number of carbonyl (C=O) groups is 2. The third-order valence-corrected chi connectivity index (χ3v) is 35.2. The van der Waals surface area contributed by atoms with Gasteiger partial charge in [-0.3, -0.25) is 9.59 Å². The number of carbonyl (C=O) groups excluding carboxylic acids is 2. The second-order valence-electron chi connectivity index (χ2n) is 27.1. The molecule has 12 heteroatoms. The van der Waals surface area contributed by atoms with Gasteiger partial charge in [0.25, 0.3) is 0 Å². The number of benzene rings is 3. The van der Waals surface area contributed by atoms with Crippen molar-refractivity contribution in [1.82, 2.24) is 0 Å². The average molecular weight is 1020 g/mol. The zero-order valence-electron chi connectivity index (χ0n) is 47.2. The smallest absolute Gasteiger partial charge is 0.308 e. The van der Waals surface area contributed by atoms with E-state index in [4.69, 9.17) is 27.2 Å². The van der Waals surface area contributed by atoms with Crippen LogP contribution in [0.2, 0.25) is 72.5 Å². The van der Waals surface area contributed by atoms with Crippen molar-refractivity contribution in [2.45, 2.75) is 221 Å². The summed E-state index contributed by atoms with van der Waals surface area (Å²) in [7, 11) is -8.88. The molecule has 0 saturated carbocycles. The van der Waals surface area contributed by atoms with Crippen molar-refractivity contribution < 1.29 is 36.8 Å². The topological polar surface area (TPSA) is 89.5 Å². The summed E-state index contributed by atoms with van der Waals surface area (Å²) in [5.41, 5.74) is 13.8. The second kappa shape index (κ2) is 18.0. The Balaban J connectivity index is 1.36. The molecule has 0 saturated heterocycles. The second-order valence-corrected chi connectivity index (χ2v) is 46.0. The SMILES string of the molecule is CC(=O)Oc1c2c(c(OC(C)=O)c3c1CC1=C(Cc4c(O[Si](C)(C)C(C)(C)C)ccc(O[Si](C)(C)C(C)(C)C)c4C1)C3)CC1=C(Cc3c(O[Si](C)(C)C(C)(C)C)ccc(O[Si](C)(C)C(C)(C)C)c3C1)C2. The molecule has 3 aromatic carbocycles. The average Bonchev–Trinajstić information content (AvgIpc) is 3.19. The molecule has 4 aliphatic carbocycles. The molecule has 3 aromatic rings. The molecule has 4 aliphatic rings. The van der Waals surface area contributed by atoms with Crippen LogP contribution in [0.3, 0.4) is 0 Å². The van der Waals surface area contributed by atoms with E-state index < -0.39 is 33.3 Å². The summed E-state index contributed by atoms with van der Waals surface area (Å²) in [6.07, 6.45) is 5.11. The summed E-state index contributed by atoms with van der Waals surface area (Å²) < 4.78 is 41.6. The molecule has 0 radical (unpaired) electrons. The van der Waals surface area contributed by atoms with Gasteiger partial charge in [-0.05, 0) is 148 Å². The molecule has 0 spiro atoms. The molecule has 8 nitrogen and oxygen atoms in total. The lowest BCUT2D eigenvalue weighted by molar-refractivity contribution is -0.133. The van der Waals surface area contributed by atoms with Gasteiger partial charge in [-0.25, -0.2) is 0 Å². The van der Waals surface area contributed by atoms with E-state index in [-0.39, 0.29) is 32.1 Å². The molecule has 0 aromatic heterocycles. The summed E-state index contributed by atoms with van der Waals surface area (Å²) in [5, 5.41) is 0.0557. The van der Waals surface area contributed by atoms with Gasteiger partial charge in [0.1, 0.15) is 34.5 Å². The van der Waals surface area contributed by atoms with Crippen molar-refractivity contribution in [1.29, 1.82) is 0 Å². The van der Waals surface area contributed by atoms with Crippen LogP contribution in [-0.2, 0) is 61.0 Å². The van der Waals surface area contributed by atoms with Gasteiger partial charge in [0.15, 0.2) is 0 Å². The maximum absolute atomic E-state index is 13.3. The zero-order valence-corrected chi connectivity index (χ0v) is 51.2. The molecule has 0 aliphatic heterocycles. The molecule has 382 valence electrons. The fraction of sp³-hybridized carbons (Fsp3) is 0.586. The van der Waals surface area contributed by atoms with Crippen LogP contribution in [0.4, 0.5) is 0 Å². The van der Waals surface area contributed by atoms with Crippen LogP contribution in [0.15, 0.2) is 46.6 Å². The molecule has 0 N–H and O–H groups in total. The zero-order chi connectivity index (χ0) is 52.3. The Morgan fingerprint density at radius 1 is 0.343 bits per heavy atom. The highest BCUT2D eigenvalue weighted by Gasteiger charge is 2.46. The summed E-state index contributed by atoms with van der Waals surface area (Å²) >= 11 is 0. The van der Waals surface area contributed by atoms with E-state index in [9.17, 15) is 9.59 Å². The Kier molecular flexibility index (Phi) is 13.8. The molecular formula is C58H86O8Si4.